The van der Waals surface area contributed by atoms with Crippen molar-refractivity contribution in [1.29, 1.82) is 0 Å². The molecular formula is C13H18N4O2S. The number of aromatic nitrogens is 2. The lowest BCUT2D eigenvalue weighted by Crippen LogP contribution is -2.23. The van der Waals surface area contributed by atoms with E-state index in [2.05, 4.69) is 10.3 Å². The monoisotopic (exact) mass is 294 g/mol. The van der Waals surface area contributed by atoms with Gasteiger partial charge in [0.2, 0.25) is 10.0 Å². The van der Waals surface area contributed by atoms with Crippen molar-refractivity contribution in [2.75, 3.05) is 6.54 Å². The van der Waals surface area contributed by atoms with Crippen LogP contribution < -0.4 is 10.5 Å². The zero-order valence-electron chi connectivity index (χ0n) is 11.2. The molecule has 1 aromatic heterocycles. The van der Waals surface area contributed by atoms with E-state index in [1.54, 1.807) is 24.7 Å². The number of hydrogen-bond donors (Lipinski definition) is 2. The fraction of sp³-hybridized carbons (Fsp3) is 0.308. The Balaban J connectivity index is 1.97. The first-order chi connectivity index (χ1) is 9.47. The average Bonchev–Trinajstić information content (AvgIpc) is 2.91. The van der Waals surface area contributed by atoms with E-state index in [4.69, 9.17) is 5.14 Å². The minimum absolute atomic E-state index is 0.0419. The summed E-state index contributed by atoms with van der Waals surface area (Å²) < 4.78 is 24.6. The van der Waals surface area contributed by atoms with Gasteiger partial charge in [-0.3, -0.25) is 0 Å². The second kappa shape index (κ2) is 6.17. The van der Waals surface area contributed by atoms with Gasteiger partial charge in [0.1, 0.15) is 0 Å². The van der Waals surface area contributed by atoms with Crippen LogP contribution >= 0.6 is 0 Å². The van der Waals surface area contributed by atoms with Crippen LogP contribution in [0.15, 0.2) is 47.9 Å². The standard InChI is InChI=1S/C13H18N4O2S/c1-11(16-6-8-17-7-5-15-10-17)12-3-2-4-13(9-12)20(14,18)19/h2-5,7,9-11,16H,6,8H2,1H3,(H2,14,18,19). The molecule has 0 amide bonds. The number of sulfonamides is 1. The molecule has 0 spiro atoms. The van der Waals surface area contributed by atoms with Crippen LogP contribution in [0.4, 0.5) is 0 Å². The number of imidazole rings is 1. The van der Waals surface area contributed by atoms with Crippen molar-refractivity contribution >= 4 is 10.0 Å². The van der Waals surface area contributed by atoms with E-state index in [-0.39, 0.29) is 10.9 Å². The van der Waals surface area contributed by atoms with Crippen LogP contribution in [-0.2, 0) is 16.6 Å². The number of hydrogen-bond acceptors (Lipinski definition) is 4. The Morgan fingerprint density at radius 1 is 1.45 bits per heavy atom. The highest BCUT2D eigenvalue weighted by atomic mass is 32.2. The normalized spacial score (nSPS) is 13.3. The molecule has 6 nitrogen and oxygen atoms in total. The molecule has 20 heavy (non-hydrogen) atoms. The zero-order chi connectivity index (χ0) is 14.6. The Kier molecular flexibility index (Phi) is 4.53. The van der Waals surface area contributed by atoms with E-state index in [0.29, 0.717) is 0 Å². The summed E-state index contributed by atoms with van der Waals surface area (Å²) in [5.74, 6) is 0. The van der Waals surface area contributed by atoms with Gasteiger partial charge in [0.15, 0.2) is 0 Å². The lowest BCUT2D eigenvalue weighted by Gasteiger charge is -2.15. The van der Waals surface area contributed by atoms with Crippen molar-refractivity contribution in [2.24, 2.45) is 5.14 Å². The highest BCUT2D eigenvalue weighted by Crippen LogP contribution is 2.16. The van der Waals surface area contributed by atoms with E-state index >= 15 is 0 Å². The minimum Gasteiger partial charge on any atom is -0.336 e. The van der Waals surface area contributed by atoms with Gasteiger partial charge < -0.3 is 9.88 Å². The molecule has 0 fully saturated rings. The maximum Gasteiger partial charge on any atom is 0.238 e. The predicted molar refractivity (Wildman–Crippen MR) is 76.5 cm³/mol. The summed E-state index contributed by atoms with van der Waals surface area (Å²) in [5.41, 5.74) is 0.891. The Hall–Kier alpha value is -1.70. The Bertz CT molecular complexity index is 653. The van der Waals surface area contributed by atoms with Crippen molar-refractivity contribution in [2.45, 2.75) is 24.4 Å². The first-order valence-corrected chi connectivity index (χ1v) is 7.83. The third-order valence-electron chi connectivity index (χ3n) is 3.07. The lowest BCUT2D eigenvalue weighted by molar-refractivity contribution is 0.530. The fourth-order valence-corrected chi connectivity index (χ4v) is 2.48. The van der Waals surface area contributed by atoms with E-state index in [0.717, 1.165) is 18.7 Å². The number of nitrogens with two attached hydrogens (primary N) is 1. The fourth-order valence-electron chi connectivity index (χ4n) is 1.91. The summed E-state index contributed by atoms with van der Waals surface area (Å²) in [6, 6.07) is 6.72. The van der Waals surface area contributed by atoms with Crippen LogP contribution in [0, 0.1) is 0 Å². The summed E-state index contributed by atoms with van der Waals surface area (Å²) in [6.45, 7) is 3.55. The van der Waals surface area contributed by atoms with E-state index < -0.39 is 10.0 Å². The number of benzene rings is 1. The second-order valence-electron chi connectivity index (χ2n) is 4.59. The van der Waals surface area contributed by atoms with Gasteiger partial charge in [-0.05, 0) is 24.6 Å². The maximum atomic E-state index is 11.3. The van der Waals surface area contributed by atoms with Gasteiger partial charge in [-0.25, -0.2) is 18.5 Å². The highest BCUT2D eigenvalue weighted by molar-refractivity contribution is 7.89. The van der Waals surface area contributed by atoms with Gasteiger partial charge in [-0.2, -0.15) is 0 Å². The van der Waals surface area contributed by atoms with Crippen molar-refractivity contribution < 1.29 is 8.42 Å². The molecule has 0 aliphatic rings. The number of nitrogens with zero attached hydrogens (tertiary/aromatic N) is 2. The molecule has 1 aromatic carbocycles. The van der Waals surface area contributed by atoms with E-state index in [1.807, 2.05) is 23.8 Å². The van der Waals surface area contributed by atoms with Crippen molar-refractivity contribution in [1.82, 2.24) is 14.9 Å². The summed E-state index contributed by atoms with van der Waals surface area (Å²) >= 11 is 0. The molecule has 0 aliphatic carbocycles. The van der Waals surface area contributed by atoms with Crippen LogP contribution in [-0.4, -0.2) is 24.5 Å². The molecule has 3 N–H and O–H groups in total. The first-order valence-electron chi connectivity index (χ1n) is 6.29. The molecule has 108 valence electrons. The van der Waals surface area contributed by atoms with Crippen LogP contribution in [0.5, 0.6) is 0 Å². The molecular weight excluding hydrogens is 276 g/mol. The van der Waals surface area contributed by atoms with Gasteiger partial charge >= 0.3 is 0 Å². The summed E-state index contributed by atoms with van der Waals surface area (Å²) in [6.07, 6.45) is 5.39. The number of nitrogens with one attached hydrogen (secondary N) is 1. The third-order valence-corrected chi connectivity index (χ3v) is 3.98. The van der Waals surface area contributed by atoms with Crippen LogP contribution in [0.25, 0.3) is 0 Å². The Labute approximate surface area is 118 Å². The largest absolute Gasteiger partial charge is 0.336 e. The highest BCUT2D eigenvalue weighted by Gasteiger charge is 2.11. The SMILES string of the molecule is CC(NCCn1ccnc1)c1cccc(S(N)(=O)=O)c1. The molecule has 2 aromatic rings. The molecule has 0 saturated carbocycles. The quantitative estimate of drug-likeness (QED) is 0.827. The van der Waals surface area contributed by atoms with Crippen molar-refractivity contribution in [3.8, 4) is 0 Å². The van der Waals surface area contributed by atoms with Gasteiger partial charge in [-0.1, -0.05) is 12.1 Å². The van der Waals surface area contributed by atoms with E-state index in [1.165, 1.54) is 6.07 Å². The maximum absolute atomic E-state index is 11.3. The second-order valence-corrected chi connectivity index (χ2v) is 6.16. The topological polar surface area (TPSA) is 90.0 Å². The molecule has 0 saturated heterocycles. The molecule has 1 unspecified atom stereocenters. The number of rotatable bonds is 6. The Morgan fingerprint density at radius 2 is 2.25 bits per heavy atom. The lowest BCUT2D eigenvalue weighted by atomic mass is 10.1. The van der Waals surface area contributed by atoms with Crippen LogP contribution in [0.2, 0.25) is 0 Å². The van der Waals surface area contributed by atoms with Gasteiger partial charge in [0.05, 0.1) is 11.2 Å². The van der Waals surface area contributed by atoms with Crippen molar-refractivity contribution in [3.63, 3.8) is 0 Å². The Morgan fingerprint density at radius 3 is 2.90 bits per heavy atom. The summed E-state index contributed by atoms with van der Waals surface area (Å²) in [4.78, 5) is 4.11. The zero-order valence-corrected chi connectivity index (χ0v) is 12.0. The average molecular weight is 294 g/mol. The molecule has 0 aliphatic heterocycles. The third kappa shape index (κ3) is 3.89. The minimum atomic E-state index is -3.65. The summed E-state index contributed by atoms with van der Waals surface area (Å²) in [7, 11) is -3.65. The van der Waals surface area contributed by atoms with Crippen molar-refractivity contribution in [3.05, 3.63) is 48.5 Å². The smallest absolute Gasteiger partial charge is 0.238 e. The van der Waals surface area contributed by atoms with E-state index in [9.17, 15) is 8.42 Å². The molecule has 0 radical (unpaired) electrons. The predicted octanol–water partition coefficient (Wildman–Crippen LogP) is 0.881. The van der Waals surface area contributed by atoms with Crippen LogP contribution in [0.1, 0.15) is 18.5 Å². The van der Waals surface area contributed by atoms with Gasteiger partial charge in [-0.15, -0.1) is 0 Å². The number of primary sulfonamides is 1. The van der Waals surface area contributed by atoms with Gasteiger partial charge in [0, 0.05) is 31.5 Å². The molecule has 0 bridgehead atoms. The molecule has 1 heterocycles. The van der Waals surface area contributed by atoms with Crippen LogP contribution in [0.3, 0.4) is 0 Å². The molecule has 7 heteroatoms. The first kappa shape index (κ1) is 14.7. The summed E-state index contributed by atoms with van der Waals surface area (Å²) in [5, 5.41) is 8.46. The molecule has 2 rings (SSSR count). The molecule has 1 atom stereocenters. The van der Waals surface area contributed by atoms with Gasteiger partial charge in [0.25, 0.3) is 0 Å².